The van der Waals surface area contributed by atoms with Gasteiger partial charge in [-0.25, -0.2) is 0 Å². The van der Waals surface area contributed by atoms with Gasteiger partial charge in [0.2, 0.25) is 0 Å². The van der Waals surface area contributed by atoms with Gasteiger partial charge in [-0.05, 0) is 69.1 Å². The minimum absolute atomic E-state index is 0.800. The molecule has 1 saturated heterocycles. The first-order valence-corrected chi connectivity index (χ1v) is 10.4. The fourth-order valence-electron chi connectivity index (χ4n) is 4.16. The molecule has 0 radical (unpaired) electrons. The first-order chi connectivity index (χ1) is 11.9. The van der Waals surface area contributed by atoms with Crippen molar-refractivity contribution in [1.82, 2.24) is 19.7 Å². The van der Waals surface area contributed by atoms with Crippen molar-refractivity contribution in [3.63, 3.8) is 0 Å². The van der Waals surface area contributed by atoms with Gasteiger partial charge >= 0.3 is 0 Å². The summed E-state index contributed by atoms with van der Waals surface area (Å²) in [4.78, 5) is 4.23. The smallest absolute Gasteiger partial charge is 0.133 e. The Bertz CT molecular complexity index is 626. The Morgan fingerprint density at radius 2 is 2.00 bits per heavy atom. The number of thiophene rings is 1. The molecular weight excluding hydrogens is 316 g/mol. The number of rotatable bonds is 5. The Balaban J connectivity index is 1.23. The largest absolute Gasteiger partial charge is 0.315 e. The van der Waals surface area contributed by atoms with Crippen LogP contribution in [0, 0.1) is 0 Å². The second-order valence-corrected chi connectivity index (χ2v) is 8.21. The van der Waals surface area contributed by atoms with E-state index in [0.29, 0.717) is 0 Å². The third-order valence-electron chi connectivity index (χ3n) is 5.59. The van der Waals surface area contributed by atoms with Crippen molar-refractivity contribution in [3.05, 3.63) is 34.0 Å². The molecule has 2 aliphatic rings. The van der Waals surface area contributed by atoms with Gasteiger partial charge in [0.05, 0.1) is 0 Å². The molecule has 0 amide bonds. The summed E-state index contributed by atoms with van der Waals surface area (Å²) in [5.74, 6) is 3.24. The van der Waals surface area contributed by atoms with Gasteiger partial charge < -0.3 is 9.47 Å². The van der Waals surface area contributed by atoms with E-state index in [2.05, 4.69) is 37.2 Å². The fraction of sp³-hybridized carbons (Fsp3) is 0.684. The van der Waals surface area contributed by atoms with Gasteiger partial charge in [0.25, 0.3) is 0 Å². The molecule has 4 nitrogen and oxygen atoms in total. The quantitative estimate of drug-likeness (QED) is 0.825. The summed E-state index contributed by atoms with van der Waals surface area (Å²) in [5, 5.41) is 11.1. The Hall–Kier alpha value is -1.20. The van der Waals surface area contributed by atoms with E-state index in [1.165, 1.54) is 69.8 Å². The van der Waals surface area contributed by atoms with E-state index in [9.17, 15) is 0 Å². The van der Waals surface area contributed by atoms with E-state index in [0.717, 1.165) is 25.3 Å². The molecule has 2 aromatic rings. The molecule has 0 aliphatic carbocycles. The van der Waals surface area contributed by atoms with Crippen LogP contribution in [0.5, 0.6) is 0 Å². The monoisotopic (exact) mass is 344 g/mol. The second kappa shape index (κ2) is 7.79. The SMILES string of the molecule is c1csc(C2CCN(CCCc3nnc4n3CCCCC4)CC2)c1. The zero-order chi connectivity index (χ0) is 16.2. The van der Waals surface area contributed by atoms with Crippen molar-refractivity contribution in [2.75, 3.05) is 19.6 Å². The van der Waals surface area contributed by atoms with Crippen molar-refractivity contribution in [2.45, 2.75) is 63.8 Å². The maximum Gasteiger partial charge on any atom is 0.133 e. The molecule has 5 heteroatoms. The lowest BCUT2D eigenvalue weighted by Crippen LogP contribution is -2.33. The Morgan fingerprint density at radius 1 is 1.08 bits per heavy atom. The van der Waals surface area contributed by atoms with Gasteiger partial charge in [-0.1, -0.05) is 12.5 Å². The number of aromatic nitrogens is 3. The normalized spacial score (nSPS) is 20.0. The summed E-state index contributed by atoms with van der Waals surface area (Å²) in [6.45, 7) is 4.84. The predicted octanol–water partition coefficient (Wildman–Crippen LogP) is 3.88. The standard InChI is InChI=1S/C19H28N4S/c1-2-7-18-20-21-19(23(18)12-3-1)8-4-11-22-13-9-16(10-14-22)17-6-5-15-24-17/h5-6,15-16H,1-4,7-14H2. The number of hydrogen-bond donors (Lipinski definition) is 0. The van der Waals surface area contributed by atoms with Gasteiger partial charge in [0.1, 0.15) is 11.6 Å². The molecule has 4 heterocycles. The highest BCUT2D eigenvalue weighted by atomic mass is 32.1. The lowest BCUT2D eigenvalue weighted by Gasteiger charge is -2.31. The number of hydrogen-bond acceptors (Lipinski definition) is 4. The summed E-state index contributed by atoms with van der Waals surface area (Å²) in [7, 11) is 0. The van der Waals surface area contributed by atoms with Crippen LogP contribution in [0.15, 0.2) is 17.5 Å². The molecule has 0 unspecified atom stereocenters. The van der Waals surface area contributed by atoms with Crippen molar-refractivity contribution in [3.8, 4) is 0 Å². The van der Waals surface area contributed by atoms with Crippen LogP contribution in [-0.2, 0) is 19.4 Å². The molecule has 24 heavy (non-hydrogen) atoms. The van der Waals surface area contributed by atoms with Crippen LogP contribution in [0.2, 0.25) is 0 Å². The highest BCUT2D eigenvalue weighted by Crippen LogP contribution is 2.31. The van der Waals surface area contributed by atoms with E-state index in [1.54, 1.807) is 4.88 Å². The topological polar surface area (TPSA) is 34.0 Å². The van der Waals surface area contributed by atoms with Crippen molar-refractivity contribution in [1.29, 1.82) is 0 Å². The number of aryl methyl sites for hydroxylation is 2. The Morgan fingerprint density at radius 3 is 2.83 bits per heavy atom. The third kappa shape index (κ3) is 3.72. The Labute approximate surface area is 148 Å². The molecule has 130 valence electrons. The zero-order valence-corrected chi connectivity index (χ0v) is 15.3. The summed E-state index contributed by atoms with van der Waals surface area (Å²) >= 11 is 1.93. The van der Waals surface area contributed by atoms with Gasteiger partial charge in [0, 0.05) is 24.3 Å². The molecular formula is C19H28N4S. The van der Waals surface area contributed by atoms with Gasteiger partial charge in [-0.15, -0.1) is 21.5 Å². The molecule has 0 aromatic carbocycles. The lowest BCUT2D eigenvalue weighted by molar-refractivity contribution is 0.211. The summed E-state index contributed by atoms with van der Waals surface area (Å²) < 4.78 is 2.40. The van der Waals surface area contributed by atoms with Crippen LogP contribution >= 0.6 is 11.3 Å². The van der Waals surface area contributed by atoms with Gasteiger partial charge in [-0.2, -0.15) is 0 Å². The molecule has 0 spiro atoms. The average molecular weight is 345 g/mol. The van der Waals surface area contributed by atoms with Crippen LogP contribution in [-0.4, -0.2) is 39.3 Å². The van der Waals surface area contributed by atoms with Crippen molar-refractivity contribution in [2.24, 2.45) is 0 Å². The highest BCUT2D eigenvalue weighted by molar-refractivity contribution is 7.10. The van der Waals surface area contributed by atoms with E-state index in [-0.39, 0.29) is 0 Å². The number of nitrogens with zero attached hydrogens (tertiary/aromatic N) is 4. The first kappa shape index (κ1) is 16.3. The molecule has 1 fully saturated rings. The highest BCUT2D eigenvalue weighted by Gasteiger charge is 2.21. The summed E-state index contributed by atoms with van der Waals surface area (Å²) in [6, 6.07) is 4.50. The molecule has 4 rings (SSSR count). The Kier molecular flexibility index (Phi) is 5.28. The molecule has 2 aliphatic heterocycles. The third-order valence-corrected chi connectivity index (χ3v) is 6.63. The second-order valence-electron chi connectivity index (χ2n) is 7.23. The van der Waals surface area contributed by atoms with E-state index in [4.69, 9.17) is 0 Å². The van der Waals surface area contributed by atoms with Crippen LogP contribution in [0.3, 0.4) is 0 Å². The average Bonchev–Trinajstić information content (AvgIpc) is 3.21. The van der Waals surface area contributed by atoms with Crippen molar-refractivity contribution < 1.29 is 0 Å². The maximum absolute atomic E-state index is 4.46. The molecule has 0 atom stereocenters. The van der Waals surface area contributed by atoms with Gasteiger partial charge in [0.15, 0.2) is 0 Å². The van der Waals surface area contributed by atoms with Crippen LogP contribution in [0.25, 0.3) is 0 Å². The van der Waals surface area contributed by atoms with Crippen LogP contribution in [0.1, 0.15) is 61.0 Å². The molecule has 0 bridgehead atoms. The minimum Gasteiger partial charge on any atom is -0.315 e. The lowest BCUT2D eigenvalue weighted by atomic mass is 9.95. The summed E-state index contributed by atoms with van der Waals surface area (Å²) in [6.07, 6.45) is 9.94. The number of piperidine rings is 1. The van der Waals surface area contributed by atoms with Crippen LogP contribution in [0.4, 0.5) is 0 Å². The zero-order valence-electron chi connectivity index (χ0n) is 14.5. The van der Waals surface area contributed by atoms with Crippen LogP contribution < -0.4 is 0 Å². The molecule has 2 aromatic heterocycles. The van der Waals surface area contributed by atoms with Gasteiger partial charge in [-0.3, -0.25) is 0 Å². The van der Waals surface area contributed by atoms with E-state index >= 15 is 0 Å². The molecule has 0 N–H and O–H groups in total. The first-order valence-electron chi connectivity index (χ1n) is 9.57. The number of fused-ring (bicyclic) bond motifs is 1. The van der Waals surface area contributed by atoms with E-state index < -0.39 is 0 Å². The summed E-state index contributed by atoms with van der Waals surface area (Å²) in [5.41, 5.74) is 0. The minimum atomic E-state index is 0.800. The predicted molar refractivity (Wildman–Crippen MR) is 98.6 cm³/mol. The fourth-order valence-corrected chi connectivity index (χ4v) is 5.06. The van der Waals surface area contributed by atoms with Crippen molar-refractivity contribution >= 4 is 11.3 Å². The maximum atomic E-state index is 4.46. The van der Waals surface area contributed by atoms with E-state index in [1.807, 2.05) is 11.3 Å². The molecule has 0 saturated carbocycles. The number of likely N-dealkylation sites (tertiary alicyclic amines) is 1.